The van der Waals surface area contributed by atoms with Crippen molar-refractivity contribution in [2.75, 3.05) is 9.80 Å². The number of hydrogen-bond acceptors (Lipinski definition) is 4. The molecule has 25 rings (SSSR count). The Hall–Kier alpha value is -16.7. The van der Waals surface area contributed by atoms with Crippen molar-refractivity contribution in [1.82, 2.24) is 18.3 Å². The van der Waals surface area contributed by atoms with E-state index in [0.717, 1.165) is 145 Å². The molecular formula is C116H76N6O2. The fourth-order valence-corrected chi connectivity index (χ4v) is 19.2. The van der Waals surface area contributed by atoms with Gasteiger partial charge in [0, 0.05) is 111 Å². The van der Waals surface area contributed by atoms with E-state index in [0.29, 0.717) is 0 Å². The van der Waals surface area contributed by atoms with Gasteiger partial charge >= 0.3 is 0 Å². The maximum absolute atomic E-state index is 6.91. The Bertz CT molecular complexity index is 8260. The normalized spacial score (nSPS) is 11.7. The van der Waals surface area contributed by atoms with E-state index in [4.69, 9.17) is 8.83 Å². The highest BCUT2D eigenvalue weighted by molar-refractivity contribution is 6.20. The van der Waals surface area contributed by atoms with Gasteiger partial charge in [-0.05, 0) is 226 Å². The van der Waals surface area contributed by atoms with E-state index < -0.39 is 0 Å². The van der Waals surface area contributed by atoms with Crippen LogP contribution in [0, 0.1) is 0 Å². The summed E-state index contributed by atoms with van der Waals surface area (Å²) in [6.45, 7) is 0. The predicted molar refractivity (Wildman–Crippen MR) is 518 cm³/mol. The van der Waals surface area contributed by atoms with E-state index in [1.54, 1.807) is 0 Å². The molecule has 0 radical (unpaired) electrons. The summed E-state index contributed by atoms with van der Waals surface area (Å²) < 4.78 is 23.2. The number of benzene rings is 19. The molecule has 124 heavy (non-hydrogen) atoms. The summed E-state index contributed by atoms with van der Waals surface area (Å²) in [4.78, 5) is 4.69. The first-order valence-electron chi connectivity index (χ1n) is 42.3. The molecule has 0 saturated carbocycles. The summed E-state index contributed by atoms with van der Waals surface area (Å²) in [6, 6.07) is 165. The lowest BCUT2D eigenvalue weighted by Gasteiger charge is -2.26. The molecule has 0 bridgehead atoms. The van der Waals surface area contributed by atoms with E-state index in [1.807, 2.05) is 0 Å². The largest absolute Gasteiger partial charge is 0.453 e. The third-order valence-electron chi connectivity index (χ3n) is 24.9. The number of rotatable bonds is 14. The van der Waals surface area contributed by atoms with Crippen LogP contribution in [0.2, 0.25) is 0 Å². The van der Waals surface area contributed by atoms with Crippen molar-refractivity contribution >= 4 is 154 Å². The smallest absolute Gasteiger partial charge is 0.161 e. The fourth-order valence-electron chi connectivity index (χ4n) is 19.2. The molecule has 582 valence electrons. The molecule has 0 atom stereocenters. The standard InChI is InChI=1S/C60H39N3O.C56H37N3O/c1-2-16-43(17-3-1)63-57-27-11-8-21-53(57)60-58(63)54-24-13-23-50(59(54)64-60)42-30-34-45(35-31-42)61(44-32-28-41(29-33-44)49-22-12-15-40-14-4-5-18-48(40)49)46-36-38-47(39-37-46)62-55-25-9-6-19-51(55)52-20-7-10-26-56(52)62;1-3-14-38(15-4-1)39-26-30-42(31-27-39)57(44-34-36-45(37-35-44)58-51-23-10-7-18-47(51)48-19-8-11-24-52(48)58)43-32-28-40(29-33-43)46-21-13-22-50-54-56(60-55(46)50)49-20-9-12-25-53(49)59(54)41-16-5-2-6-17-41/h1-39H;1-37H. The SMILES string of the molecule is c1ccc(-c2ccc(N(c3ccc(-c4cccc5c4oc4c6ccccc6n(-c6ccccc6)c54)cc3)c3ccc(-n4c5ccccc5c5ccccc54)cc3)cc2)cc1.c1ccc(-n2c3ccccc3c3oc4c(-c5ccc(N(c6ccc(-c7cccc8ccccc78)cc6)c6ccc(-n7c8ccccc8c8ccccc87)cc6)cc5)cccc4c32)cc1. The highest BCUT2D eigenvalue weighted by atomic mass is 16.3. The maximum atomic E-state index is 6.91. The van der Waals surface area contributed by atoms with Crippen molar-refractivity contribution < 1.29 is 8.83 Å². The first kappa shape index (κ1) is 71.4. The molecular weight excluding hydrogens is 1510 g/mol. The second-order valence-corrected chi connectivity index (χ2v) is 31.8. The van der Waals surface area contributed by atoms with Gasteiger partial charge in [0.15, 0.2) is 11.2 Å². The van der Waals surface area contributed by atoms with Crippen LogP contribution < -0.4 is 9.80 Å². The number of anilines is 6. The van der Waals surface area contributed by atoms with Crippen LogP contribution in [0.25, 0.3) is 188 Å². The Kier molecular flexibility index (Phi) is 17.1. The Morgan fingerprint density at radius 1 is 0.153 bits per heavy atom. The van der Waals surface area contributed by atoms with Gasteiger partial charge in [0.2, 0.25) is 0 Å². The van der Waals surface area contributed by atoms with Gasteiger partial charge in [-0.3, -0.25) is 0 Å². The first-order valence-corrected chi connectivity index (χ1v) is 42.3. The summed E-state index contributed by atoms with van der Waals surface area (Å²) in [5, 5.41) is 11.9. The lowest BCUT2D eigenvalue weighted by molar-refractivity contribution is 0.673. The Balaban J connectivity index is 0.000000140. The molecule has 0 aliphatic heterocycles. The van der Waals surface area contributed by atoms with Crippen LogP contribution >= 0.6 is 0 Å². The zero-order chi connectivity index (χ0) is 81.7. The minimum Gasteiger partial charge on any atom is -0.453 e. The highest BCUT2D eigenvalue weighted by Crippen LogP contribution is 2.48. The van der Waals surface area contributed by atoms with Crippen molar-refractivity contribution in [3.05, 3.63) is 461 Å². The van der Waals surface area contributed by atoms with Crippen LogP contribution in [-0.4, -0.2) is 18.3 Å². The zero-order valence-electron chi connectivity index (χ0n) is 67.4. The molecule has 8 heteroatoms. The third-order valence-corrected chi connectivity index (χ3v) is 24.9. The number of aromatic nitrogens is 4. The maximum Gasteiger partial charge on any atom is 0.161 e. The number of fused-ring (bicyclic) bond motifs is 17. The molecule has 0 N–H and O–H groups in total. The van der Waals surface area contributed by atoms with E-state index in [-0.39, 0.29) is 0 Å². The molecule has 0 unspecified atom stereocenters. The lowest BCUT2D eigenvalue weighted by Crippen LogP contribution is -2.10. The molecule has 6 heterocycles. The minimum atomic E-state index is 0.886. The average molecular weight is 1590 g/mol. The minimum absolute atomic E-state index is 0.886. The van der Waals surface area contributed by atoms with Crippen molar-refractivity contribution in [1.29, 1.82) is 0 Å². The van der Waals surface area contributed by atoms with Gasteiger partial charge in [-0.2, -0.15) is 0 Å². The Labute approximate surface area is 714 Å². The second kappa shape index (κ2) is 29.7. The second-order valence-electron chi connectivity index (χ2n) is 31.8. The summed E-state index contributed by atoms with van der Waals surface area (Å²) in [7, 11) is 0. The van der Waals surface area contributed by atoms with Crippen molar-refractivity contribution in [3.63, 3.8) is 0 Å². The molecule has 0 aliphatic rings. The number of nitrogens with zero attached hydrogens (tertiary/aromatic N) is 6. The Morgan fingerprint density at radius 2 is 0.403 bits per heavy atom. The highest BCUT2D eigenvalue weighted by Gasteiger charge is 2.26. The summed E-state index contributed by atoms with van der Waals surface area (Å²) in [5.74, 6) is 0. The topological polar surface area (TPSA) is 52.5 Å². The van der Waals surface area contributed by atoms with Crippen LogP contribution in [-0.2, 0) is 0 Å². The molecule has 0 aliphatic carbocycles. The van der Waals surface area contributed by atoms with Gasteiger partial charge in [0.1, 0.15) is 22.2 Å². The Morgan fingerprint density at radius 3 is 0.782 bits per heavy atom. The van der Waals surface area contributed by atoms with Crippen LogP contribution in [0.5, 0.6) is 0 Å². The summed E-state index contributed by atoms with van der Waals surface area (Å²) >= 11 is 0. The van der Waals surface area contributed by atoms with Crippen molar-refractivity contribution in [2.45, 2.75) is 0 Å². The molecule has 0 amide bonds. The predicted octanol–water partition coefficient (Wildman–Crippen LogP) is 32.0. The first-order chi connectivity index (χ1) is 61.5. The summed E-state index contributed by atoms with van der Waals surface area (Å²) in [6.07, 6.45) is 0. The van der Waals surface area contributed by atoms with Crippen LogP contribution in [0.1, 0.15) is 0 Å². The van der Waals surface area contributed by atoms with Crippen LogP contribution in [0.4, 0.5) is 34.1 Å². The lowest BCUT2D eigenvalue weighted by atomic mass is 9.98. The third kappa shape index (κ3) is 11.9. The molecule has 0 spiro atoms. The van der Waals surface area contributed by atoms with Crippen molar-refractivity contribution in [3.8, 4) is 67.3 Å². The molecule has 25 aromatic rings. The van der Waals surface area contributed by atoms with Gasteiger partial charge in [-0.1, -0.05) is 279 Å². The molecule has 0 saturated heterocycles. The van der Waals surface area contributed by atoms with Crippen molar-refractivity contribution in [2.24, 2.45) is 0 Å². The number of para-hydroxylation sites is 10. The molecule has 8 nitrogen and oxygen atoms in total. The average Bonchev–Trinajstić information content (AvgIpc) is 1.56. The van der Waals surface area contributed by atoms with E-state index in [1.165, 1.54) is 76.6 Å². The van der Waals surface area contributed by atoms with Crippen LogP contribution in [0.15, 0.2) is 470 Å². The molecule has 0 fully saturated rings. The number of furan rings is 2. The van der Waals surface area contributed by atoms with Gasteiger partial charge in [0.05, 0.1) is 33.1 Å². The van der Waals surface area contributed by atoms with E-state index >= 15 is 0 Å². The molecule has 6 aromatic heterocycles. The van der Waals surface area contributed by atoms with E-state index in [9.17, 15) is 0 Å². The quantitative estimate of drug-likeness (QED) is 0.109. The molecule has 19 aromatic carbocycles. The van der Waals surface area contributed by atoms with Gasteiger partial charge in [-0.15, -0.1) is 0 Å². The summed E-state index contributed by atoms with van der Waals surface area (Å²) in [5.41, 5.74) is 32.8. The van der Waals surface area contributed by atoms with Crippen LogP contribution in [0.3, 0.4) is 0 Å². The van der Waals surface area contributed by atoms with Gasteiger partial charge in [0.25, 0.3) is 0 Å². The zero-order valence-corrected chi connectivity index (χ0v) is 67.4. The van der Waals surface area contributed by atoms with E-state index in [2.05, 4.69) is 489 Å². The fraction of sp³-hybridized carbons (Fsp3) is 0. The van der Waals surface area contributed by atoms with Gasteiger partial charge in [-0.25, -0.2) is 0 Å². The number of hydrogen-bond donors (Lipinski definition) is 0. The van der Waals surface area contributed by atoms with Gasteiger partial charge < -0.3 is 36.9 Å². The monoisotopic (exact) mass is 1580 g/mol.